The Kier molecular flexibility index (Phi) is 5.77. The molecule has 0 unspecified atom stereocenters. The minimum absolute atomic E-state index is 0.0730. The molecular formula is C28H40O2. The smallest absolute Gasteiger partial charge is 0.118 e. The number of phenols is 2. The Hall–Kier alpha value is -1.96. The number of rotatable bonds is 2. The maximum absolute atomic E-state index is 10.6. The van der Waals surface area contributed by atoms with Crippen molar-refractivity contribution < 1.29 is 10.2 Å². The van der Waals surface area contributed by atoms with Crippen LogP contribution in [-0.2, 0) is 16.2 Å². The fourth-order valence-electron chi connectivity index (χ4n) is 5.97. The molecule has 30 heavy (non-hydrogen) atoms. The minimum Gasteiger partial charge on any atom is -0.508 e. The van der Waals surface area contributed by atoms with Crippen LogP contribution in [0.2, 0.25) is 0 Å². The van der Waals surface area contributed by atoms with E-state index >= 15 is 0 Å². The summed E-state index contributed by atoms with van der Waals surface area (Å²) in [6.07, 6.45) is 5.88. The summed E-state index contributed by atoms with van der Waals surface area (Å²) in [6, 6.07) is 8.15. The molecule has 0 amide bonds. The van der Waals surface area contributed by atoms with Gasteiger partial charge in [0.1, 0.15) is 11.5 Å². The average molecular weight is 409 g/mol. The molecule has 2 N–H and O–H groups in total. The summed E-state index contributed by atoms with van der Waals surface area (Å²) in [5, 5.41) is 21.1. The maximum atomic E-state index is 10.6. The van der Waals surface area contributed by atoms with Crippen LogP contribution in [-0.4, -0.2) is 10.2 Å². The molecule has 0 heterocycles. The molecule has 2 nitrogen and oxygen atoms in total. The second-order valence-electron chi connectivity index (χ2n) is 11.4. The van der Waals surface area contributed by atoms with Gasteiger partial charge in [0, 0.05) is 5.41 Å². The highest BCUT2D eigenvalue weighted by molar-refractivity contribution is 5.58. The van der Waals surface area contributed by atoms with Gasteiger partial charge >= 0.3 is 0 Å². The summed E-state index contributed by atoms with van der Waals surface area (Å²) in [5.41, 5.74) is 7.02. The SMILES string of the molecule is Cc1c(O)ccc(C2(c3ccc(O)c(C)c3C(C)(C)C)CCCCC2)c1C(C)(C)C. The van der Waals surface area contributed by atoms with Gasteiger partial charge in [0.2, 0.25) is 0 Å². The molecule has 0 bridgehead atoms. The molecule has 164 valence electrons. The maximum Gasteiger partial charge on any atom is 0.118 e. The zero-order chi connectivity index (χ0) is 22.5. The largest absolute Gasteiger partial charge is 0.508 e. The second-order valence-corrected chi connectivity index (χ2v) is 11.4. The number of aromatic hydroxyl groups is 2. The van der Waals surface area contributed by atoms with E-state index in [-0.39, 0.29) is 16.2 Å². The van der Waals surface area contributed by atoms with Crippen molar-refractivity contribution in [3.05, 3.63) is 57.6 Å². The van der Waals surface area contributed by atoms with Crippen molar-refractivity contribution in [1.82, 2.24) is 0 Å². The number of phenolic OH excluding ortho intramolecular Hbond substituents is 2. The molecule has 0 aromatic heterocycles. The molecule has 0 saturated heterocycles. The highest BCUT2D eigenvalue weighted by Gasteiger charge is 2.43. The Balaban J connectivity index is 2.45. The van der Waals surface area contributed by atoms with Crippen molar-refractivity contribution in [2.24, 2.45) is 0 Å². The molecular weight excluding hydrogens is 368 g/mol. The first-order valence-corrected chi connectivity index (χ1v) is 11.5. The predicted octanol–water partition coefficient (Wildman–Crippen LogP) is 7.56. The Morgan fingerprint density at radius 2 is 1.00 bits per heavy atom. The molecule has 1 fully saturated rings. The number of hydrogen-bond acceptors (Lipinski definition) is 2. The normalized spacial score (nSPS) is 17.2. The van der Waals surface area contributed by atoms with E-state index in [2.05, 4.69) is 67.5 Å². The summed E-state index contributed by atoms with van der Waals surface area (Å²) in [7, 11) is 0. The molecule has 1 aliphatic rings. The van der Waals surface area contributed by atoms with Crippen molar-refractivity contribution in [1.29, 1.82) is 0 Å². The van der Waals surface area contributed by atoms with Crippen LogP contribution >= 0.6 is 0 Å². The third-order valence-corrected chi connectivity index (χ3v) is 7.11. The zero-order valence-corrected chi connectivity index (χ0v) is 20.2. The van der Waals surface area contributed by atoms with Crippen LogP contribution in [0, 0.1) is 13.8 Å². The lowest BCUT2D eigenvalue weighted by Crippen LogP contribution is -2.37. The van der Waals surface area contributed by atoms with Crippen molar-refractivity contribution in [3.63, 3.8) is 0 Å². The first-order chi connectivity index (χ1) is 13.8. The molecule has 1 saturated carbocycles. The van der Waals surface area contributed by atoms with E-state index in [1.807, 2.05) is 12.1 Å². The fourth-order valence-corrected chi connectivity index (χ4v) is 5.97. The van der Waals surface area contributed by atoms with Gasteiger partial charge in [-0.25, -0.2) is 0 Å². The van der Waals surface area contributed by atoms with Gasteiger partial charge in [0.25, 0.3) is 0 Å². The Labute approximate surface area is 183 Å². The summed E-state index contributed by atoms with van der Waals surface area (Å²) in [5.74, 6) is 0.764. The van der Waals surface area contributed by atoms with Gasteiger partial charge < -0.3 is 10.2 Å². The lowest BCUT2D eigenvalue weighted by molar-refractivity contribution is 0.332. The quantitative estimate of drug-likeness (QED) is 0.538. The summed E-state index contributed by atoms with van der Waals surface area (Å²) >= 11 is 0. The first-order valence-electron chi connectivity index (χ1n) is 11.5. The fraction of sp³-hybridized carbons (Fsp3) is 0.571. The predicted molar refractivity (Wildman–Crippen MR) is 127 cm³/mol. The van der Waals surface area contributed by atoms with Gasteiger partial charge in [-0.15, -0.1) is 0 Å². The standard InChI is InChI=1S/C28H40O2/c1-18-22(29)14-12-20(24(18)26(3,4)5)28(16-10-9-11-17-28)21-13-15-23(30)19(2)25(21)27(6,7)8/h12-15,29-30H,9-11,16-17H2,1-8H3. The Bertz CT molecular complexity index is 861. The Morgan fingerprint density at radius 1 is 0.633 bits per heavy atom. The highest BCUT2D eigenvalue weighted by Crippen LogP contribution is 2.53. The molecule has 0 radical (unpaired) electrons. The summed E-state index contributed by atoms with van der Waals surface area (Å²) < 4.78 is 0. The number of hydrogen-bond donors (Lipinski definition) is 2. The van der Waals surface area contributed by atoms with Crippen LogP contribution in [0.3, 0.4) is 0 Å². The molecule has 2 heteroatoms. The monoisotopic (exact) mass is 408 g/mol. The molecule has 2 aromatic carbocycles. The Morgan fingerprint density at radius 3 is 1.33 bits per heavy atom. The van der Waals surface area contributed by atoms with Gasteiger partial charge in [-0.3, -0.25) is 0 Å². The van der Waals surface area contributed by atoms with Crippen LogP contribution in [0.4, 0.5) is 0 Å². The molecule has 2 aromatic rings. The van der Waals surface area contributed by atoms with E-state index in [9.17, 15) is 10.2 Å². The van der Waals surface area contributed by atoms with Gasteiger partial charge in [-0.05, 0) is 83.0 Å². The van der Waals surface area contributed by atoms with Gasteiger partial charge in [-0.2, -0.15) is 0 Å². The summed E-state index contributed by atoms with van der Waals surface area (Å²) in [6.45, 7) is 17.6. The van der Waals surface area contributed by atoms with E-state index in [1.165, 1.54) is 41.5 Å². The van der Waals surface area contributed by atoms with Crippen molar-refractivity contribution in [3.8, 4) is 11.5 Å². The van der Waals surface area contributed by atoms with Gasteiger partial charge in [-0.1, -0.05) is 72.9 Å². The molecule has 1 aliphatic carbocycles. The first kappa shape index (κ1) is 22.7. The number of benzene rings is 2. The van der Waals surface area contributed by atoms with Gasteiger partial charge in [0.05, 0.1) is 0 Å². The molecule has 0 aliphatic heterocycles. The average Bonchev–Trinajstić information content (AvgIpc) is 2.64. The topological polar surface area (TPSA) is 40.5 Å². The van der Waals surface area contributed by atoms with Crippen molar-refractivity contribution in [2.75, 3.05) is 0 Å². The van der Waals surface area contributed by atoms with E-state index in [4.69, 9.17) is 0 Å². The van der Waals surface area contributed by atoms with E-state index < -0.39 is 0 Å². The van der Waals surface area contributed by atoms with Crippen LogP contribution in [0.1, 0.15) is 107 Å². The molecule has 0 spiro atoms. The van der Waals surface area contributed by atoms with E-state index in [1.54, 1.807) is 0 Å². The summed E-state index contributed by atoms with van der Waals surface area (Å²) in [4.78, 5) is 0. The highest BCUT2D eigenvalue weighted by atomic mass is 16.3. The minimum atomic E-state index is -0.0968. The van der Waals surface area contributed by atoms with Crippen LogP contribution in [0.25, 0.3) is 0 Å². The van der Waals surface area contributed by atoms with E-state index in [0.29, 0.717) is 11.5 Å². The lowest BCUT2D eigenvalue weighted by atomic mass is 9.59. The van der Waals surface area contributed by atoms with Crippen LogP contribution in [0.15, 0.2) is 24.3 Å². The molecule has 3 rings (SSSR count). The lowest BCUT2D eigenvalue weighted by Gasteiger charge is -2.45. The van der Waals surface area contributed by atoms with Crippen LogP contribution in [0.5, 0.6) is 11.5 Å². The third-order valence-electron chi connectivity index (χ3n) is 7.11. The van der Waals surface area contributed by atoms with E-state index in [0.717, 1.165) is 24.0 Å². The van der Waals surface area contributed by atoms with Crippen molar-refractivity contribution in [2.45, 2.75) is 104 Å². The van der Waals surface area contributed by atoms with Crippen molar-refractivity contribution >= 4 is 0 Å². The zero-order valence-electron chi connectivity index (χ0n) is 20.2. The third kappa shape index (κ3) is 3.74. The van der Waals surface area contributed by atoms with Crippen LogP contribution < -0.4 is 0 Å². The second kappa shape index (κ2) is 7.62. The molecule has 0 atom stereocenters. The van der Waals surface area contributed by atoms with Gasteiger partial charge in [0.15, 0.2) is 0 Å².